The quantitative estimate of drug-likeness (QED) is 0.762. The number of benzene rings is 1. The van der Waals surface area contributed by atoms with Crippen LogP contribution in [0.5, 0.6) is 0 Å². The van der Waals surface area contributed by atoms with E-state index in [4.69, 9.17) is 5.26 Å². The van der Waals surface area contributed by atoms with E-state index in [0.29, 0.717) is 5.01 Å². The van der Waals surface area contributed by atoms with Gasteiger partial charge in [-0.1, -0.05) is 0 Å². The highest BCUT2D eigenvalue weighted by Crippen LogP contribution is 2.28. The van der Waals surface area contributed by atoms with Crippen molar-refractivity contribution in [3.05, 3.63) is 40.4 Å². The lowest BCUT2D eigenvalue weighted by molar-refractivity contribution is 0.599. The van der Waals surface area contributed by atoms with Gasteiger partial charge in [0.15, 0.2) is 0 Å². The van der Waals surface area contributed by atoms with Crippen LogP contribution in [0.1, 0.15) is 10.4 Å². The first-order valence-corrected chi connectivity index (χ1v) is 5.25. The minimum absolute atomic E-state index is 0.0922. The van der Waals surface area contributed by atoms with Gasteiger partial charge in [0.05, 0.1) is 5.56 Å². The van der Waals surface area contributed by atoms with Gasteiger partial charge in [-0.3, -0.25) is 0 Å². The van der Waals surface area contributed by atoms with Gasteiger partial charge in [0, 0.05) is 16.6 Å². The molecule has 0 fully saturated rings. The zero-order valence-electron chi connectivity index (χ0n) is 8.29. The molecule has 2 aromatic rings. The molecule has 0 aliphatic carbocycles. The number of nitriles is 1. The van der Waals surface area contributed by atoms with Crippen molar-refractivity contribution in [1.29, 1.82) is 5.26 Å². The summed E-state index contributed by atoms with van der Waals surface area (Å²) in [4.78, 5) is 4.89. The fourth-order valence-corrected chi connectivity index (χ4v) is 2.06. The second-order valence-corrected chi connectivity index (χ2v) is 4.43. The zero-order chi connectivity index (χ0) is 11.7. The maximum atomic E-state index is 13.6. The zero-order valence-corrected chi connectivity index (χ0v) is 9.11. The third-order valence-electron chi connectivity index (χ3n) is 2.03. The fourth-order valence-electron chi connectivity index (χ4n) is 1.28. The van der Waals surface area contributed by atoms with Crippen LogP contribution in [0.2, 0.25) is 0 Å². The Balaban J connectivity index is 2.59. The Bertz CT molecular complexity index is 584. The van der Waals surface area contributed by atoms with Gasteiger partial charge in [-0.2, -0.15) is 5.26 Å². The van der Waals surface area contributed by atoms with E-state index in [9.17, 15) is 8.78 Å². The van der Waals surface area contributed by atoms with Crippen molar-refractivity contribution in [3.8, 4) is 16.6 Å². The Hall–Kier alpha value is -1.80. The molecule has 2 rings (SSSR count). The van der Waals surface area contributed by atoms with Crippen molar-refractivity contribution in [3.63, 3.8) is 0 Å². The molecule has 0 atom stereocenters. The smallest absolute Gasteiger partial charge is 0.141 e. The van der Waals surface area contributed by atoms with E-state index in [1.54, 1.807) is 12.3 Å². The van der Waals surface area contributed by atoms with Crippen LogP contribution in [-0.2, 0) is 0 Å². The molecule has 0 saturated heterocycles. The predicted octanol–water partition coefficient (Wildman–Crippen LogP) is 3.27. The lowest BCUT2D eigenvalue weighted by atomic mass is 10.1. The Kier molecular flexibility index (Phi) is 2.67. The first-order chi connectivity index (χ1) is 7.61. The summed E-state index contributed by atoms with van der Waals surface area (Å²) in [6.07, 6.45) is 1.59. The number of hydrogen-bond donors (Lipinski definition) is 0. The van der Waals surface area contributed by atoms with Crippen molar-refractivity contribution in [2.45, 2.75) is 6.92 Å². The van der Waals surface area contributed by atoms with Gasteiger partial charge in [0.1, 0.15) is 22.7 Å². The number of hydrogen-bond acceptors (Lipinski definition) is 3. The minimum Gasteiger partial charge on any atom is -0.244 e. The lowest BCUT2D eigenvalue weighted by Crippen LogP contribution is -1.90. The lowest BCUT2D eigenvalue weighted by Gasteiger charge is -2.00. The molecule has 80 valence electrons. The first kappa shape index (κ1) is 10.7. The molecule has 1 aromatic carbocycles. The van der Waals surface area contributed by atoms with Crippen LogP contribution in [0.4, 0.5) is 8.78 Å². The molecule has 0 aliphatic heterocycles. The summed E-state index contributed by atoms with van der Waals surface area (Å²) in [7, 11) is 0. The van der Waals surface area contributed by atoms with Crippen LogP contribution in [0.15, 0.2) is 18.3 Å². The molecule has 0 unspecified atom stereocenters. The van der Waals surface area contributed by atoms with Crippen LogP contribution in [0, 0.1) is 29.9 Å². The molecule has 1 aromatic heterocycles. The van der Waals surface area contributed by atoms with E-state index in [-0.39, 0.29) is 11.1 Å². The van der Waals surface area contributed by atoms with Crippen LogP contribution in [0.3, 0.4) is 0 Å². The maximum Gasteiger partial charge on any atom is 0.141 e. The Morgan fingerprint density at radius 1 is 1.31 bits per heavy atom. The Morgan fingerprint density at radius 2 is 2.06 bits per heavy atom. The molecule has 16 heavy (non-hydrogen) atoms. The van der Waals surface area contributed by atoms with Crippen molar-refractivity contribution < 1.29 is 8.78 Å². The summed E-state index contributed by atoms with van der Waals surface area (Å²) in [5.74, 6) is -1.36. The van der Waals surface area contributed by atoms with Gasteiger partial charge in [0.2, 0.25) is 0 Å². The van der Waals surface area contributed by atoms with E-state index in [0.717, 1.165) is 17.0 Å². The molecule has 0 aliphatic rings. The molecule has 5 heteroatoms. The van der Waals surface area contributed by atoms with Gasteiger partial charge in [-0.15, -0.1) is 11.3 Å². The van der Waals surface area contributed by atoms with Gasteiger partial charge in [-0.05, 0) is 19.1 Å². The molecule has 0 spiro atoms. The summed E-state index contributed by atoms with van der Waals surface area (Å²) in [6.45, 7) is 1.83. The first-order valence-electron chi connectivity index (χ1n) is 4.44. The van der Waals surface area contributed by atoms with Gasteiger partial charge in [-0.25, -0.2) is 13.8 Å². The number of aromatic nitrogens is 1. The van der Waals surface area contributed by atoms with Gasteiger partial charge < -0.3 is 0 Å². The van der Waals surface area contributed by atoms with Crippen LogP contribution in [-0.4, -0.2) is 4.98 Å². The largest absolute Gasteiger partial charge is 0.244 e. The van der Waals surface area contributed by atoms with Crippen molar-refractivity contribution >= 4 is 11.3 Å². The van der Waals surface area contributed by atoms with Gasteiger partial charge >= 0.3 is 0 Å². The third kappa shape index (κ3) is 1.79. The summed E-state index contributed by atoms with van der Waals surface area (Å²) in [6, 6.07) is 3.48. The van der Waals surface area contributed by atoms with E-state index in [1.807, 2.05) is 6.92 Å². The Labute approximate surface area is 94.8 Å². The SMILES string of the molecule is Cc1cnc(-c2cc(F)c(C#N)cc2F)s1. The van der Waals surface area contributed by atoms with Crippen molar-refractivity contribution in [1.82, 2.24) is 4.98 Å². The summed E-state index contributed by atoms with van der Waals surface area (Å²) in [5, 5.41) is 8.95. The molecule has 0 radical (unpaired) electrons. The number of aryl methyl sites for hydroxylation is 1. The Morgan fingerprint density at radius 3 is 2.62 bits per heavy atom. The number of thiazole rings is 1. The topological polar surface area (TPSA) is 36.7 Å². The number of rotatable bonds is 1. The molecule has 0 N–H and O–H groups in total. The minimum atomic E-state index is -0.730. The second kappa shape index (κ2) is 3.99. The van der Waals surface area contributed by atoms with E-state index in [1.165, 1.54) is 11.3 Å². The highest BCUT2D eigenvalue weighted by atomic mass is 32.1. The normalized spacial score (nSPS) is 10.1. The highest BCUT2D eigenvalue weighted by Gasteiger charge is 2.13. The standard InChI is InChI=1S/C11H6F2N2S/c1-6-5-15-11(16-6)8-3-9(12)7(4-14)2-10(8)13/h2-3,5H,1H3. The van der Waals surface area contributed by atoms with E-state index >= 15 is 0 Å². The molecule has 1 heterocycles. The van der Waals surface area contributed by atoms with Gasteiger partial charge in [0.25, 0.3) is 0 Å². The average molecular weight is 236 g/mol. The van der Waals surface area contributed by atoms with E-state index < -0.39 is 11.6 Å². The molecule has 0 amide bonds. The molecule has 0 saturated carbocycles. The van der Waals surface area contributed by atoms with Crippen LogP contribution in [0.25, 0.3) is 10.6 Å². The monoisotopic (exact) mass is 236 g/mol. The second-order valence-electron chi connectivity index (χ2n) is 3.20. The van der Waals surface area contributed by atoms with Crippen LogP contribution < -0.4 is 0 Å². The maximum absolute atomic E-state index is 13.6. The van der Waals surface area contributed by atoms with E-state index in [2.05, 4.69) is 4.98 Å². The summed E-state index contributed by atoms with van der Waals surface area (Å²) < 4.78 is 26.9. The van der Waals surface area contributed by atoms with Crippen LogP contribution >= 0.6 is 11.3 Å². The molecule has 2 nitrogen and oxygen atoms in total. The average Bonchev–Trinajstić information content (AvgIpc) is 2.67. The third-order valence-corrected chi connectivity index (χ3v) is 2.97. The molecule has 0 bridgehead atoms. The number of halogens is 2. The summed E-state index contributed by atoms with van der Waals surface area (Å²) >= 11 is 1.28. The van der Waals surface area contributed by atoms with Crippen molar-refractivity contribution in [2.75, 3.05) is 0 Å². The molecular weight excluding hydrogens is 230 g/mol. The number of nitrogens with zero attached hydrogens (tertiary/aromatic N) is 2. The fraction of sp³-hybridized carbons (Fsp3) is 0.0909. The molecular formula is C11H6F2N2S. The predicted molar refractivity (Wildman–Crippen MR) is 56.9 cm³/mol. The van der Waals surface area contributed by atoms with Crippen molar-refractivity contribution in [2.24, 2.45) is 0 Å². The summed E-state index contributed by atoms with van der Waals surface area (Å²) in [5.41, 5.74) is -0.205. The highest BCUT2D eigenvalue weighted by molar-refractivity contribution is 7.14.